The molecule has 1 unspecified atom stereocenters. The van der Waals surface area contributed by atoms with Gasteiger partial charge >= 0.3 is 12.1 Å². The molecule has 154 valence electrons. The molecule has 1 N–H and O–H groups in total. The molecule has 29 heavy (non-hydrogen) atoms. The lowest BCUT2D eigenvalue weighted by Gasteiger charge is -2.24. The number of ether oxygens (including phenoxy) is 1. The van der Waals surface area contributed by atoms with Gasteiger partial charge in [0.2, 0.25) is 0 Å². The maximum Gasteiger partial charge on any atom is 0.414 e. The van der Waals surface area contributed by atoms with Crippen molar-refractivity contribution in [2.24, 2.45) is 0 Å². The van der Waals surface area contributed by atoms with E-state index in [-0.39, 0.29) is 13.0 Å². The van der Waals surface area contributed by atoms with E-state index in [0.717, 1.165) is 19.4 Å². The highest BCUT2D eigenvalue weighted by Crippen LogP contribution is 2.31. The van der Waals surface area contributed by atoms with Crippen LogP contribution in [0.25, 0.3) is 11.1 Å². The number of hydrogen-bond donors (Lipinski definition) is 1. The van der Waals surface area contributed by atoms with Gasteiger partial charge in [-0.3, -0.25) is 14.7 Å². The monoisotopic (exact) mass is 422 g/mol. The Morgan fingerprint density at radius 2 is 2.00 bits per heavy atom. The van der Waals surface area contributed by atoms with Crippen LogP contribution < -0.4 is 4.90 Å². The number of pyridine rings is 1. The maximum absolute atomic E-state index is 13.9. The van der Waals surface area contributed by atoms with Crippen molar-refractivity contribution in [1.82, 2.24) is 4.98 Å². The van der Waals surface area contributed by atoms with Gasteiger partial charge in [-0.15, -0.1) is 0 Å². The van der Waals surface area contributed by atoms with Crippen LogP contribution in [0.2, 0.25) is 0 Å². The number of carboxylic acid groups (broad SMARTS) is 1. The second-order valence-electron chi connectivity index (χ2n) is 7.03. The van der Waals surface area contributed by atoms with E-state index in [4.69, 9.17) is 4.74 Å². The fourth-order valence-electron chi connectivity index (χ4n) is 3.10. The number of aromatic nitrogens is 1. The second-order valence-corrected chi connectivity index (χ2v) is 9.48. The Bertz CT molecular complexity index is 1060. The van der Waals surface area contributed by atoms with Crippen LogP contribution in [0.5, 0.6) is 0 Å². The van der Waals surface area contributed by atoms with Crippen LogP contribution in [0.3, 0.4) is 0 Å². The Hall–Kier alpha value is -3.01. The molecule has 0 bridgehead atoms. The quantitative estimate of drug-likeness (QED) is 0.761. The molecule has 2 aromatic rings. The summed E-state index contributed by atoms with van der Waals surface area (Å²) in [5.41, 5.74) is 1.42. The molecule has 0 spiro atoms. The molecule has 1 aromatic carbocycles. The minimum absolute atomic E-state index is 0.000187. The molecule has 1 aliphatic heterocycles. The summed E-state index contributed by atoms with van der Waals surface area (Å²) in [6.45, 7) is 1.10. The highest BCUT2D eigenvalue weighted by Gasteiger charge is 2.48. The highest BCUT2D eigenvalue weighted by molar-refractivity contribution is 7.92. The van der Waals surface area contributed by atoms with E-state index in [1.54, 1.807) is 24.3 Å². The number of hydrogen-bond acceptors (Lipinski definition) is 6. The van der Waals surface area contributed by atoms with Crippen LogP contribution in [0.15, 0.2) is 42.7 Å². The SMILES string of the molecule is CC(C[C@H]1CN(c2ccc(-c3ccncc3F)cc2)C(=O)O1)(C(=O)O)S(C)(=O)=O. The zero-order chi connectivity index (χ0) is 21.4. The lowest BCUT2D eigenvalue weighted by molar-refractivity contribution is -0.140. The number of anilines is 1. The van der Waals surface area contributed by atoms with Gasteiger partial charge in [-0.2, -0.15) is 0 Å². The molecule has 1 aliphatic rings. The number of cyclic esters (lactones) is 1. The fourth-order valence-corrected chi connectivity index (χ4v) is 3.91. The van der Waals surface area contributed by atoms with Gasteiger partial charge in [-0.1, -0.05) is 12.1 Å². The molecule has 2 heterocycles. The zero-order valence-corrected chi connectivity index (χ0v) is 16.5. The molecule has 2 atom stereocenters. The molecule has 0 radical (unpaired) electrons. The molecule has 1 aromatic heterocycles. The van der Waals surface area contributed by atoms with Crippen LogP contribution in [-0.2, 0) is 19.4 Å². The minimum atomic E-state index is -3.94. The number of carboxylic acids is 1. The second kappa shape index (κ2) is 7.43. The number of carbonyl (C=O) groups excluding carboxylic acids is 1. The largest absolute Gasteiger partial charge is 0.480 e. The Morgan fingerprint density at radius 1 is 1.34 bits per heavy atom. The summed E-state index contributed by atoms with van der Waals surface area (Å²) < 4.78 is 40.9. The van der Waals surface area contributed by atoms with Crippen LogP contribution in [0, 0.1) is 5.82 Å². The van der Waals surface area contributed by atoms with Crippen LogP contribution >= 0.6 is 0 Å². The van der Waals surface area contributed by atoms with E-state index in [2.05, 4.69) is 4.98 Å². The Balaban J connectivity index is 1.79. The Labute approximate surface area is 166 Å². The molecule has 1 amide bonds. The molecule has 1 saturated heterocycles. The summed E-state index contributed by atoms with van der Waals surface area (Å²) in [5, 5.41) is 9.37. The topological polar surface area (TPSA) is 114 Å². The average Bonchev–Trinajstić information content (AvgIpc) is 3.01. The van der Waals surface area contributed by atoms with Crippen molar-refractivity contribution in [3.63, 3.8) is 0 Å². The first-order valence-corrected chi connectivity index (χ1v) is 10.5. The van der Waals surface area contributed by atoms with E-state index in [1.165, 1.54) is 17.2 Å². The summed E-state index contributed by atoms with van der Waals surface area (Å²) in [4.78, 5) is 28.7. The molecule has 8 nitrogen and oxygen atoms in total. The zero-order valence-electron chi connectivity index (χ0n) is 15.7. The molecular formula is C19H19FN2O6S. The van der Waals surface area contributed by atoms with E-state index in [1.807, 2.05) is 0 Å². The smallest absolute Gasteiger partial charge is 0.414 e. The molecule has 10 heteroatoms. The number of amides is 1. The van der Waals surface area contributed by atoms with Crippen LogP contribution in [0.4, 0.5) is 14.9 Å². The summed E-state index contributed by atoms with van der Waals surface area (Å²) in [7, 11) is -3.94. The molecule has 0 saturated carbocycles. The lowest BCUT2D eigenvalue weighted by atomic mass is 10.0. The molecular weight excluding hydrogens is 403 g/mol. The Morgan fingerprint density at radius 3 is 2.55 bits per heavy atom. The van der Waals surface area contributed by atoms with Gasteiger partial charge in [0, 0.05) is 30.1 Å². The van der Waals surface area contributed by atoms with Gasteiger partial charge in [0.25, 0.3) is 0 Å². The predicted molar refractivity (Wildman–Crippen MR) is 103 cm³/mol. The predicted octanol–water partition coefficient (Wildman–Crippen LogP) is 2.49. The van der Waals surface area contributed by atoms with Crippen LogP contribution in [-0.4, -0.2) is 54.2 Å². The van der Waals surface area contributed by atoms with Crippen molar-refractivity contribution >= 4 is 27.6 Å². The summed E-state index contributed by atoms with van der Waals surface area (Å²) in [6, 6.07) is 8.00. The minimum Gasteiger partial charge on any atom is -0.480 e. The standard InChI is InChI=1S/C19H19FN2O6S/c1-19(17(23)24,29(2,26)27)9-14-11-22(18(25)28-14)13-5-3-12(4-6-13)15-7-8-21-10-16(15)20/h3-8,10,14H,9,11H2,1-2H3,(H,23,24)/t14-,19?/m0/s1. The molecule has 3 rings (SSSR count). The molecule has 0 aliphatic carbocycles. The van der Waals surface area contributed by atoms with Gasteiger partial charge < -0.3 is 9.84 Å². The van der Waals surface area contributed by atoms with Gasteiger partial charge in [-0.25, -0.2) is 17.6 Å². The fraction of sp³-hybridized carbons (Fsp3) is 0.316. The van der Waals surface area contributed by atoms with E-state index in [9.17, 15) is 27.5 Å². The summed E-state index contributed by atoms with van der Waals surface area (Å²) in [5.74, 6) is -1.98. The third-order valence-corrected chi connectivity index (χ3v) is 7.00. The average molecular weight is 422 g/mol. The van der Waals surface area contributed by atoms with Crippen molar-refractivity contribution in [1.29, 1.82) is 0 Å². The maximum atomic E-state index is 13.9. The van der Waals surface area contributed by atoms with Gasteiger partial charge in [0.1, 0.15) is 11.9 Å². The number of nitrogens with zero attached hydrogens (tertiary/aromatic N) is 2. The third kappa shape index (κ3) is 3.93. The normalized spacial score (nSPS) is 18.9. The summed E-state index contributed by atoms with van der Waals surface area (Å²) in [6.07, 6.45) is 1.42. The lowest BCUT2D eigenvalue weighted by Crippen LogP contribution is -2.46. The first-order valence-electron chi connectivity index (χ1n) is 8.64. The van der Waals surface area contributed by atoms with E-state index < -0.39 is 38.6 Å². The number of halogens is 1. The first kappa shape index (κ1) is 20.7. The summed E-state index contributed by atoms with van der Waals surface area (Å²) >= 11 is 0. The van der Waals surface area contributed by atoms with Crippen LogP contribution in [0.1, 0.15) is 13.3 Å². The highest BCUT2D eigenvalue weighted by atomic mass is 32.2. The first-order chi connectivity index (χ1) is 13.5. The van der Waals surface area contributed by atoms with Gasteiger partial charge in [-0.05, 0) is 30.7 Å². The van der Waals surface area contributed by atoms with Crippen molar-refractivity contribution < 1.29 is 32.2 Å². The van der Waals surface area contributed by atoms with Crippen molar-refractivity contribution in [3.05, 3.63) is 48.5 Å². The molecule has 1 fully saturated rings. The third-order valence-electron chi connectivity index (χ3n) is 5.02. The van der Waals surface area contributed by atoms with Crippen molar-refractivity contribution in [3.8, 4) is 11.1 Å². The Kier molecular flexibility index (Phi) is 5.31. The van der Waals surface area contributed by atoms with E-state index in [0.29, 0.717) is 16.8 Å². The number of carbonyl (C=O) groups is 2. The van der Waals surface area contributed by atoms with Gasteiger partial charge in [0.15, 0.2) is 14.6 Å². The number of aliphatic carboxylic acids is 1. The number of rotatable bonds is 6. The van der Waals surface area contributed by atoms with Crippen molar-refractivity contribution in [2.45, 2.75) is 24.2 Å². The number of benzene rings is 1. The number of sulfone groups is 1. The van der Waals surface area contributed by atoms with E-state index >= 15 is 0 Å². The van der Waals surface area contributed by atoms with Gasteiger partial charge in [0.05, 0.1) is 12.7 Å². The van der Waals surface area contributed by atoms with Crippen molar-refractivity contribution in [2.75, 3.05) is 17.7 Å².